The number of ether oxygens (including phenoxy) is 1. The number of amides is 1. The largest absolute Gasteiger partial charge is 0.479 e. The van der Waals surface area contributed by atoms with Crippen molar-refractivity contribution in [2.75, 3.05) is 0 Å². The van der Waals surface area contributed by atoms with Crippen LogP contribution in [-0.4, -0.2) is 37.9 Å². The maximum Gasteiger partial charge on any atom is 0.411 e. The number of rotatable bonds is 7. The van der Waals surface area contributed by atoms with Gasteiger partial charge in [-0.25, -0.2) is 9.59 Å². The van der Waals surface area contributed by atoms with Crippen LogP contribution in [0.2, 0.25) is 0 Å². The van der Waals surface area contributed by atoms with Crippen LogP contribution in [0, 0.1) is 0 Å². The molecule has 7 nitrogen and oxygen atoms in total. The Balaban J connectivity index is 2.29. The molecule has 1 atom stereocenters. The highest BCUT2D eigenvalue weighted by molar-refractivity contribution is 5.82. The lowest BCUT2D eigenvalue weighted by molar-refractivity contribution is -0.143. The third-order valence-corrected chi connectivity index (χ3v) is 4.05. The van der Waals surface area contributed by atoms with Crippen LogP contribution in [0.25, 0.3) is 0 Å². The summed E-state index contributed by atoms with van der Waals surface area (Å²) in [6.07, 6.45) is 1.56. The minimum atomic E-state index is -1.15. The van der Waals surface area contributed by atoms with Crippen molar-refractivity contribution in [2.24, 2.45) is 7.05 Å². The quantitative estimate of drug-likeness (QED) is 0.821. The highest BCUT2D eigenvalue weighted by Crippen LogP contribution is 2.27. The topological polar surface area (TPSA) is 84.7 Å². The number of hydrogen-bond donors (Lipinski definition) is 1. The van der Waals surface area contributed by atoms with Gasteiger partial charge in [-0.05, 0) is 25.8 Å². The maximum absolute atomic E-state index is 12.7. The Morgan fingerprint density at radius 2 is 1.92 bits per heavy atom. The van der Waals surface area contributed by atoms with E-state index >= 15 is 0 Å². The molecule has 26 heavy (non-hydrogen) atoms. The zero-order chi connectivity index (χ0) is 19.3. The van der Waals surface area contributed by atoms with Crippen LogP contribution in [0.4, 0.5) is 4.79 Å². The van der Waals surface area contributed by atoms with Crippen LogP contribution >= 0.6 is 0 Å². The summed E-state index contributed by atoms with van der Waals surface area (Å²) < 4.78 is 6.95. The van der Waals surface area contributed by atoms with Crippen molar-refractivity contribution in [2.45, 2.75) is 45.9 Å². The molecule has 0 aliphatic heterocycles. The van der Waals surface area contributed by atoms with Gasteiger partial charge in [-0.2, -0.15) is 5.10 Å². The van der Waals surface area contributed by atoms with Gasteiger partial charge in [0, 0.05) is 24.8 Å². The second kappa shape index (κ2) is 8.51. The monoisotopic (exact) mass is 359 g/mol. The molecule has 7 heteroatoms. The van der Waals surface area contributed by atoms with Gasteiger partial charge in [0.15, 0.2) is 6.04 Å². The number of aromatic nitrogens is 2. The van der Waals surface area contributed by atoms with Gasteiger partial charge in [-0.1, -0.05) is 37.3 Å². The SMILES string of the molecule is CCc1nn(C)cc1C(C(=O)O)N(C(=O)OCc1ccccc1)C(C)C. The fourth-order valence-corrected chi connectivity index (χ4v) is 2.87. The second-order valence-corrected chi connectivity index (χ2v) is 6.34. The van der Waals surface area contributed by atoms with Crippen molar-refractivity contribution in [1.82, 2.24) is 14.7 Å². The first-order valence-electron chi connectivity index (χ1n) is 8.59. The Kier molecular flexibility index (Phi) is 6.38. The molecule has 0 saturated carbocycles. The third-order valence-electron chi connectivity index (χ3n) is 4.05. The summed E-state index contributed by atoms with van der Waals surface area (Å²) in [5, 5.41) is 14.1. The smallest absolute Gasteiger partial charge is 0.411 e. The van der Waals surface area contributed by atoms with Crippen molar-refractivity contribution in [3.8, 4) is 0 Å². The van der Waals surface area contributed by atoms with Crippen molar-refractivity contribution in [1.29, 1.82) is 0 Å². The molecule has 1 amide bonds. The van der Waals surface area contributed by atoms with Gasteiger partial charge in [-0.15, -0.1) is 0 Å². The highest BCUT2D eigenvalue weighted by atomic mass is 16.6. The van der Waals surface area contributed by atoms with E-state index in [1.54, 1.807) is 31.8 Å². The van der Waals surface area contributed by atoms with E-state index in [1.807, 2.05) is 37.3 Å². The van der Waals surface area contributed by atoms with E-state index in [2.05, 4.69) is 5.10 Å². The molecule has 0 radical (unpaired) electrons. The first-order chi connectivity index (χ1) is 12.3. The van der Waals surface area contributed by atoms with E-state index < -0.39 is 18.1 Å². The van der Waals surface area contributed by atoms with Crippen molar-refractivity contribution < 1.29 is 19.4 Å². The Morgan fingerprint density at radius 3 is 2.46 bits per heavy atom. The van der Waals surface area contributed by atoms with Gasteiger partial charge in [0.1, 0.15) is 6.61 Å². The molecule has 0 fully saturated rings. The summed E-state index contributed by atoms with van der Waals surface area (Å²) >= 11 is 0. The van der Waals surface area contributed by atoms with Crippen molar-refractivity contribution in [3.05, 3.63) is 53.3 Å². The second-order valence-electron chi connectivity index (χ2n) is 6.34. The molecule has 0 aliphatic rings. The summed E-state index contributed by atoms with van der Waals surface area (Å²) in [6.45, 7) is 5.52. The Hall–Kier alpha value is -2.83. The predicted octanol–water partition coefficient (Wildman–Crippen LogP) is 3.16. The number of carbonyl (C=O) groups is 2. The fraction of sp³-hybridized carbons (Fsp3) is 0.421. The average molecular weight is 359 g/mol. The summed E-state index contributed by atoms with van der Waals surface area (Å²) in [6, 6.07) is 7.77. The van der Waals surface area contributed by atoms with Gasteiger partial charge in [0.2, 0.25) is 0 Å². The van der Waals surface area contributed by atoms with Crippen LogP contribution in [0.1, 0.15) is 43.6 Å². The van der Waals surface area contributed by atoms with E-state index in [0.29, 0.717) is 17.7 Å². The predicted molar refractivity (Wildman–Crippen MR) is 96.6 cm³/mol. The number of nitrogens with zero attached hydrogens (tertiary/aromatic N) is 3. The minimum Gasteiger partial charge on any atom is -0.479 e. The molecule has 1 heterocycles. The lowest BCUT2D eigenvalue weighted by atomic mass is 10.0. The molecule has 2 aromatic rings. The Bertz CT molecular complexity index is 755. The lowest BCUT2D eigenvalue weighted by Gasteiger charge is -2.31. The van der Waals surface area contributed by atoms with E-state index in [1.165, 1.54) is 4.90 Å². The molecule has 0 spiro atoms. The molecule has 1 aromatic carbocycles. The molecule has 2 rings (SSSR count). The maximum atomic E-state index is 12.7. The van der Waals surface area contributed by atoms with Gasteiger partial charge < -0.3 is 9.84 Å². The van der Waals surface area contributed by atoms with E-state index in [9.17, 15) is 14.7 Å². The van der Waals surface area contributed by atoms with Crippen LogP contribution < -0.4 is 0 Å². The number of benzene rings is 1. The molecule has 1 N–H and O–H groups in total. The van der Waals surface area contributed by atoms with E-state index in [4.69, 9.17) is 4.74 Å². The molecule has 140 valence electrons. The fourth-order valence-electron chi connectivity index (χ4n) is 2.87. The molecule has 1 unspecified atom stereocenters. The number of hydrogen-bond acceptors (Lipinski definition) is 4. The molecule has 0 aliphatic carbocycles. The number of carboxylic acid groups (broad SMARTS) is 1. The molecule has 0 bridgehead atoms. The zero-order valence-electron chi connectivity index (χ0n) is 15.5. The van der Waals surface area contributed by atoms with Gasteiger partial charge in [0.25, 0.3) is 0 Å². The first-order valence-corrected chi connectivity index (χ1v) is 8.59. The van der Waals surface area contributed by atoms with Gasteiger partial charge in [0.05, 0.1) is 5.69 Å². The summed E-state index contributed by atoms with van der Waals surface area (Å²) in [4.78, 5) is 26.0. The lowest BCUT2D eigenvalue weighted by Crippen LogP contribution is -2.43. The van der Waals surface area contributed by atoms with Gasteiger partial charge >= 0.3 is 12.1 Å². The molecule has 0 saturated heterocycles. The number of aliphatic carboxylic acids is 1. The molecule has 1 aromatic heterocycles. The molecular weight excluding hydrogens is 334 g/mol. The van der Waals surface area contributed by atoms with Crippen molar-refractivity contribution in [3.63, 3.8) is 0 Å². The van der Waals surface area contributed by atoms with Crippen LogP contribution in [-0.2, 0) is 29.6 Å². The zero-order valence-corrected chi connectivity index (χ0v) is 15.5. The van der Waals surface area contributed by atoms with E-state index in [-0.39, 0.29) is 12.6 Å². The number of aryl methyl sites for hydroxylation is 2. The first kappa shape index (κ1) is 19.5. The molecular formula is C19H25N3O4. The average Bonchev–Trinajstić information content (AvgIpc) is 2.98. The Morgan fingerprint density at radius 1 is 1.27 bits per heavy atom. The minimum absolute atomic E-state index is 0.0862. The summed E-state index contributed by atoms with van der Waals surface area (Å²) in [5.74, 6) is -1.11. The van der Waals surface area contributed by atoms with Crippen molar-refractivity contribution >= 4 is 12.1 Å². The number of carbonyl (C=O) groups excluding carboxylic acids is 1. The third kappa shape index (κ3) is 4.41. The van der Waals surface area contributed by atoms with Crippen LogP contribution in [0.5, 0.6) is 0 Å². The Labute approximate surface area is 153 Å². The standard InChI is InChI=1S/C19H25N3O4/c1-5-16-15(11-21(4)20-16)17(18(23)24)22(13(2)3)19(25)26-12-14-9-7-6-8-10-14/h6-11,13,17H,5,12H2,1-4H3,(H,23,24). The van der Waals surface area contributed by atoms with Gasteiger partial charge in [-0.3, -0.25) is 9.58 Å². The normalized spacial score (nSPS) is 12.0. The number of carboxylic acids is 1. The highest BCUT2D eigenvalue weighted by Gasteiger charge is 2.36. The summed E-state index contributed by atoms with van der Waals surface area (Å²) in [7, 11) is 1.73. The van der Waals surface area contributed by atoms with E-state index in [0.717, 1.165) is 5.56 Å². The summed E-state index contributed by atoms with van der Waals surface area (Å²) in [5.41, 5.74) is 2.00. The van der Waals surface area contributed by atoms with Crippen LogP contribution in [0.15, 0.2) is 36.5 Å². The van der Waals surface area contributed by atoms with Crippen LogP contribution in [0.3, 0.4) is 0 Å².